The van der Waals surface area contributed by atoms with Gasteiger partial charge in [0.15, 0.2) is 0 Å². The van der Waals surface area contributed by atoms with Gasteiger partial charge in [-0.1, -0.05) is 0 Å². The second kappa shape index (κ2) is 6.27. The second-order valence-electron chi connectivity index (χ2n) is 0.953. The molecule has 12 heteroatoms. The molecule has 0 unspecified atom stereocenters. The van der Waals surface area contributed by atoms with Gasteiger partial charge in [0.25, 0.3) is 0 Å². The van der Waals surface area contributed by atoms with Crippen LogP contribution in [0.25, 0.3) is 0 Å². The molecular weight excluding hydrogens is 319 g/mol. The van der Waals surface area contributed by atoms with Crippen molar-refractivity contribution in [2.75, 3.05) is 0 Å². The Hall–Kier alpha value is 0.779. The van der Waals surface area contributed by atoms with Gasteiger partial charge in [0.1, 0.15) is 0 Å². The minimum atomic E-state index is -5.31. The maximum atomic E-state index is 9.37. The number of rotatable bonds is 3. The number of hydrogen-bond donors (Lipinski definition) is 0. The third kappa shape index (κ3) is 17.0. The van der Waals surface area contributed by atoms with E-state index >= 15 is 0 Å². The van der Waals surface area contributed by atoms with Crippen molar-refractivity contribution in [3.8, 4) is 0 Å². The van der Waals surface area contributed by atoms with Crippen molar-refractivity contribution in [3.05, 3.63) is 0 Å². The van der Waals surface area contributed by atoms with Gasteiger partial charge in [0.2, 0.25) is 20.8 Å². The summed E-state index contributed by atoms with van der Waals surface area (Å²) in [5.74, 6) is 0. The second-order valence-corrected chi connectivity index (χ2v) is 2.86. The van der Waals surface area contributed by atoms with Gasteiger partial charge in [-0.15, -0.1) is 8.67 Å². The molecule has 0 saturated heterocycles. The first-order valence-corrected chi connectivity index (χ1v) is 4.17. The molecule has 0 spiro atoms. The molecule has 82 valence electrons. The van der Waals surface area contributed by atoms with Gasteiger partial charge < -0.3 is 9.11 Å². The molecule has 0 fully saturated rings. The molecule has 0 aliphatic carbocycles. The van der Waals surface area contributed by atoms with Gasteiger partial charge in [-0.2, -0.15) is 0 Å². The van der Waals surface area contributed by atoms with Crippen molar-refractivity contribution in [2.24, 2.45) is 0 Å². The minimum absolute atomic E-state index is 0. The molecule has 0 atom stereocenters. The predicted molar refractivity (Wildman–Crippen MR) is 21.6 cm³/mol. The first-order chi connectivity index (χ1) is 4.21. The van der Waals surface area contributed by atoms with Gasteiger partial charge in [-0.05, 0) is 0 Å². The molecule has 0 radical (unpaired) electrons. The van der Waals surface area contributed by atoms with Crippen LogP contribution in [0.2, 0.25) is 0 Å². The quantitative estimate of drug-likeness (QED) is 0.189. The van der Waals surface area contributed by atoms with Crippen LogP contribution < -0.4 is 0 Å². The smallest absolute Gasteiger partial charge is 0.724 e. The van der Waals surface area contributed by atoms with E-state index in [9.17, 15) is 25.9 Å². The van der Waals surface area contributed by atoms with E-state index in [0.29, 0.717) is 0 Å². The Kier molecular flexibility index (Phi) is 9.68. The fourth-order valence-corrected chi connectivity index (χ4v) is 0.612. The molecule has 0 bridgehead atoms. The molecule has 0 amide bonds. The zero-order chi connectivity index (χ0) is 8.41. The zero-order valence-corrected chi connectivity index (χ0v) is 8.20. The molecule has 0 aliphatic heterocycles. The molecule has 0 N–H and O–H groups in total. The van der Waals surface area contributed by atoms with Crippen LogP contribution >= 0.6 is 0 Å². The van der Waals surface area contributed by atoms with E-state index in [0.717, 1.165) is 0 Å². The Bertz CT molecular complexity index is 251. The van der Waals surface area contributed by atoms with Gasteiger partial charge in [0, 0.05) is 0 Å². The Labute approximate surface area is 89.4 Å². The van der Waals surface area contributed by atoms with Crippen molar-refractivity contribution in [2.45, 2.75) is 0 Å². The van der Waals surface area contributed by atoms with E-state index in [4.69, 9.17) is 0 Å². The Balaban J connectivity index is -0.000000405. The van der Waals surface area contributed by atoms with Crippen molar-refractivity contribution >= 4 is 20.8 Å². The maximum Gasteiger partial charge on any atom is 1.00 e. The summed E-state index contributed by atoms with van der Waals surface area (Å²) >= 11 is 0. The van der Waals surface area contributed by atoms with Gasteiger partial charge in [0.05, 0.1) is 0 Å². The SMILES string of the molecule is O=S(=O)([O-])OOS(=O)(=O)[O-].[Cu+].[Cu+]. The zero-order valence-electron chi connectivity index (χ0n) is 4.69. The van der Waals surface area contributed by atoms with Crippen molar-refractivity contribution in [1.29, 1.82) is 0 Å². The summed E-state index contributed by atoms with van der Waals surface area (Å²) in [4.78, 5) is 0. The van der Waals surface area contributed by atoms with Crippen molar-refractivity contribution in [1.82, 2.24) is 0 Å². The molecule has 0 aromatic rings. The fraction of sp³-hybridized carbons (Fsp3) is 0. The van der Waals surface area contributed by atoms with E-state index in [-0.39, 0.29) is 34.1 Å². The standard InChI is InChI=1S/2Cu.H2O8S2/c;;1-9(2,3)7-8-10(4,5)6/h;;(H,1,2,3)(H,4,5,6)/q2*+1;/p-2. The van der Waals surface area contributed by atoms with Crippen LogP contribution in [-0.2, 0) is 63.6 Å². The van der Waals surface area contributed by atoms with Crippen LogP contribution in [0, 0.1) is 0 Å². The largest absolute Gasteiger partial charge is 1.00 e. The molecule has 8 nitrogen and oxygen atoms in total. The van der Waals surface area contributed by atoms with Crippen molar-refractivity contribution < 1.29 is 68.7 Å². The van der Waals surface area contributed by atoms with Crippen LogP contribution in [0.5, 0.6) is 0 Å². The van der Waals surface area contributed by atoms with Crippen LogP contribution in [-0.4, -0.2) is 25.9 Å². The summed E-state index contributed by atoms with van der Waals surface area (Å²) in [6, 6.07) is 0. The first-order valence-electron chi connectivity index (χ1n) is 1.50. The van der Waals surface area contributed by atoms with Crippen molar-refractivity contribution in [3.63, 3.8) is 0 Å². The van der Waals surface area contributed by atoms with Crippen LogP contribution in [0.4, 0.5) is 0 Å². The predicted octanol–water partition coefficient (Wildman–Crippen LogP) is -2.15. The Morgan fingerprint density at radius 1 is 0.750 bits per heavy atom. The third-order valence-corrected chi connectivity index (χ3v) is 0.750. The van der Waals surface area contributed by atoms with E-state index in [2.05, 4.69) is 8.67 Å². The van der Waals surface area contributed by atoms with Gasteiger partial charge in [-0.25, -0.2) is 16.8 Å². The number of hydrogen-bond acceptors (Lipinski definition) is 8. The summed E-state index contributed by atoms with van der Waals surface area (Å²) in [7, 11) is -10.6. The van der Waals surface area contributed by atoms with Crippen LogP contribution in [0.15, 0.2) is 0 Å². The molecular formula is Cu2O8S2. The molecule has 0 rings (SSSR count). The normalized spacial score (nSPS) is 11.2. The van der Waals surface area contributed by atoms with Gasteiger partial charge >= 0.3 is 34.1 Å². The van der Waals surface area contributed by atoms with Crippen LogP contribution in [0.1, 0.15) is 0 Å². The molecule has 0 aliphatic rings. The summed E-state index contributed by atoms with van der Waals surface area (Å²) in [6.07, 6.45) is 0. The van der Waals surface area contributed by atoms with Crippen LogP contribution in [0.3, 0.4) is 0 Å². The summed E-state index contributed by atoms with van der Waals surface area (Å²) in [6.45, 7) is 0. The fourth-order valence-electron chi connectivity index (χ4n) is 0.0680. The monoisotopic (exact) mass is 318 g/mol. The summed E-state index contributed by atoms with van der Waals surface area (Å²) < 4.78 is 61.5. The maximum absolute atomic E-state index is 9.37. The molecule has 0 aromatic carbocycles. The molecule has 12 heavy (non-hydrogen) atoms. The van der Waals surface area contributed by atoms with E-state index < -0.39 is 20.8 Å². The summed E-state index contributed by atoms with van der Waals surface area (Å²) in [5, 5.41) is 0. The first kappa shape index (κ1) is 18.5. The average Bonchev–Trinajstić information content (AvgIpc) is 1.57. The van der Waals surface area contributed by atoms with E-state index in [1.54, 1.807) is 0 Å². The molecule has 0 heterocycles. The molecule has 0 aromatic heterocycles. The Morgan fingerprint density at radius 2 is 0.917 bits per heavy atom. The minimum Gasteiger partial charge on any atom is -0.724 e. The topological polar surface area (TPSA) is 133 Å². The average molecular weight is 319 g/mol. The molecule has 0 saturated carbocycles. The Morgan fingerprint density at radius 3 is 1.00 bits per heavy atom. The third-order valence-electron chi connectivity index (χ3n) is 0.194. The summed E-state index contributed by atoms with van der Waals surface area (Å²) in [5.41, 5.74) is 0. The van der Waals surface area contributed by atoms with E-state index in [1.807, 2.05) is 0 Å². The van der Waals surface area contributed by atoms with Gasteiger partial charge in [-0.3, -0.25) is 0 Å². The van der Waals surface area contributed by atoms with E-state index in [1.165, 1.54) is 0 Å².